The maximum absolute atomic E-state index is 5.93. The molecule has 0 aliphatic carbocycles. The molecule has 0 saturated heterocycles. The zero-order valence-corrected chi connectivity index (χ0v) is 10.0. The van der Waals surface area contributed by atoms with E-state index in [2.05, 4.69) is 9.97 Å². The van der Waals surface area contributed by atoms with Crippen LogP contribution in [0.2, 0.25) is 5.15 Å². The summed E-state index contributed by atoms with van der Waals surface area (Å²) in [6.07, 6.45) is 1.74. The van der Waals surface area contributed by atoms with Gasteiger partial charge < -0.3 is 0 Å². The molecule has 0 saturated carbocycles. The van der Waals surface area contributed by atoms with Gasteiger partial charge in [-0.1, -0.05) is 41.9 Å². The molecule has 0 bridgehead atoms. The summed E-state index contributed by atoms with van der Waals surface area (Å²) in [6.45, 7) is 1.99. The van der Waals surface area contributed by atoms with Gasteiger partial charge in [-0.25, -0.2) is 9.97 Å². The number of halogens is 1. The molecule has 3 nitrogen and oxygen atoms in total. The van der Waals surface area contributed by atoms with E-state index in [0.29, 0.717) is 5.15 Å². The molecule has 4 heteroatoms. The lowest BCUT2D eigenvalue weighted by Crippen LogP contribution is -1.96. The number of fused-ring (bicyclic) bond motifs is 1. The number of benzene rings is 1. The number of hydrogen-bond acceptors (Lipinski definition) is 2. The van der Waals surface area contributed by atoms with E-state index in [1.54, 1.807) is 6.20 Å². The molecule has 2 heterocycles. The molecule has 0 aliphatic rings. The predicted octanol–water partition coefficient (Wildman–Crippen LogP) is 3.36. The van der Waals surface area contributed by atoms with Crippen LogP contribution in [0.15, 0.2) is 42.6 Å². The lowest BCUT2D eigenvalue weighted by Gasteiger charge is -2.05. The maximum atomic E-state index is 5.93. The Bertz CT molecular complexity index is 674. The minimum atomic E-state index is 0.495. The van der Waals surface area contributed by atoms with Crippen LogP contribution in [0.4, 0.5) is 0 Å². The van der Waals surface area contributed by atoms with Crippen molar-refractivity contribution in [2.75, 3.05) is 0 Å². The van der Waals surface area contributed by atoms with E-state index in [9.17, 15) is 0 Å². The standard InChI is InChI=1S/C13H10ClN3/c1-9-7-11(14)16-12-8-15-13(17(9)12)10-5-3-2-4-6-10/h2-8H,1H3. The van der Waals surface area contributed by atoms with E-state index in [1.165, 1.54) is 0 Å². The fourth-order valence-electron chi connectivity index (χ4n) is 1.94. The second-order valence-corrected chi connectivity index (χ2v) is 4.25. The summed E-state index contributed by atoms with van der Waals surface area (Å²) in [5.74, 6) is 0.891. The fraction of sp³-hybridized carbons (Fsp3) is 0.0769. The Balaban J connectivity index is 2.32. The summed E-state index contributed by atoms with van der Waals surface area (Å²) in [4.78, 5) is 8.66. The molecule has 3 rings (SSSR count). The van der Waals surface area contributed by atoms with Crippen LogP contribution in [0.3, 0.4) is 0 Å². The van der Waals surface area contributed by atoms with Crippen LogP contribution in [-0.4, -0.2) is 14.4 Å². The van der Waals surface area contributed by atoms with Gasteiger partial charge in [-0.2, -0.15) is 0 Å². The molecule has 84 valence electrons. The third kappa shape index (κ3) is 1.68. The highest BCUT2D eigenvalue weighted by molar-refractivity contribution is 6.29. The normalized spacial score (nSPS) is 10.9. The van der Waals surface area contributed by atoms with Crippen LogP contribution in [0.1, 0.15) is 5.69 Å². The first-order valence-corrected chi connectivity index (χ1v) is 5.69. The van der Waals surface area contributed by atoms with Gasteiger partial charge in [0.1, 0.15) is 11.0 Å². The minimum Gasteiger partial charge on any atom is -0.281 e. The van der Waals surface area contributed by atoms with Crippen LogP contribution in [0.5, 0.6) is 0 Å². The first kappa shape index (κ1) is 10.3. The first-order valence-electron chi connectivity index (χ1n) is 5.32. The third-order valence-corrected chi connectivity index (χ3v) is 2.87. The molecule has 0 spiro atoms. The van der Waals surface area contributed by atoms with Gasteiger partial charge in [-0.05, 0) is 13.0 Å². The van der Waals surface area contributed by atoms with Crippen molar-refractivity contribution >= 4 is 17.2 Å². The summed E-state index contributed by atoms with van der Waals surface area (Å²) < 4.78 is 2.00. The number of aryl methyl sites for hydroxylation is 1. The SMILES string of the molecule is Cc1cc(Cl)nc2cnc(-c3ccccc3)n12. The van der Waals surface area contributed by atoms with Crippen molar-refractivity contribution in [2.24, 2.45) is 0 Å². The number of imidazole rings is 1. The molecule has 2 aromatic heterocycles. The van der Waals surface area contributed by atoms with E-state index in [-0.39, 0.29) is 0 Å². The van der Waals surface area contributed by atoms with Crippen LogP contribution < -0.4 is 0 Å². The van der Waals surface area contributed by atoms with Crippen LogP contribution in [0, 0.1) is 6.92 Å². The van der Waals surface area contributed by atoms with Crippen molar-refractivity contribution < 1.29 is 0 Å². The highest BCUT2D eigenvalue weighted by Crippen LogP contribution is 2.21. The predicted molar refractivity (Wildman–Crippen MR) is 68.2 cm³/mol. The fourth-order valence-corrected chi connectivity index (χ4v) is 2.18. The van der Waals surface area contributed by atoms with E-state index in [4.69, 9.17) is 11.6 Å². The summed E-state index contributed by atoms with van der Waals surface area (Å²) in [6, 6.07) is 11.9. The van der Waals surface area contributed by atoms with E-state index >= 15 is 0 Å². The summed E-state index contributed by atoms with van der Waals surface area (Å²) in [5.41, 5.74) is 2.87. The van der Waals surface area contributed by atoms with Gasteiger partial charge in [0.05, 0.1) is 6.20 Å². The number of rotatable bonds is 1. The molecule has 17 heavy (non-hydrogen) atoms. The molecule has 0 radical (unpaired) electrons. The Labute approximate surface area is 104 Å². The summed E-state index contributed by atoms with van der Waals surface area (Å²) >= 11 is 5.93. The van der Waals surface area contributed by atoms with Crippen molar-refractivity contribution in [3.05, 3.63) is 53.4 Å². The van der Waals surface area contributed by atoms with Gasteiger partial charge in [0.2, 0.25) is 0 Å². The van der Waals surface area contributed by atoms with E-state index < -0.39 is 0 Å². The smallest absolute Gasteiger partial charge is 0.158 e. The topological polar surface area (TPSA) is 30.2 Å². The van der Waals surface area contributed by atoms with E-state index in [0.717, 1.165) is 22.7 Å². The van der Waals surface area contributed by atoms with Crippen molar-refractivity contribution in [1.29, 1.82) is 0 Å². The zero-order valence-electron chi connectivity index (χ0n) is 9.26. The Morgan fingerprint density at radius 2 is 1.94 bits per heavy atom. The molecular weight excluding hydrogens is 234 g/mol. The minimum absolute atomic E-state index is 0.495. The van der Waals surface area contributed by atoms with Crippen molar-refractivity contribution in [1.82, 2.24) is 14.4 Å². The maximum Gasteiger partial charge on any atom is 0.158 e. The monoisotopic (exact) mass is 243 g/mol. The number of aromatic nitrogens is 3. The molecule has 0 amide bonds. The van der Waals surface area contributed by atoms with Gasteiger partial charge in [0.25, 0.3) is 0 Å². The zero-order chi connectivity index (χ0) is 11.8. The summed E-state index contributed by atoms with van der Waals surface area (Å²) in [7, 11) is 0. The third-order valence-electron chi connectivity index (χ3n) is 2.68. The highest BCUT2D eigenvalue weighted by Gasteiger charge is 2.09. The lowest BCUT2D eigenvalue weighted by molar-refractivity contribution is 1.05. The van der Waals surface area contributed by atoms with Gasteiger partial charge in [0.15, 0.2) is 5.65 Å². The van der Waals surface area contributed by atoms with Gasteiger partial charge in [-0.15, -0.1) is 0 Å². The highest BCUT2D eigenvalue weighted by atomic mass is 35.5. The molecular formula is C13H10ClN3. The van der Waals surface area contributed by atoms with Gasteiger partial charge in [0, 0.05) is 11.3 Å². The average Bonchev–Trinajstić information content (AvgIpc) is 2.74. The molecule has 0 atom stereocenters. The van der Waals surface area contributed by atoms with Crippen molar-refractivity contribution in [3.63, 3.8) is 0 Å². The lowest BCUT2D eigenvalue weighted by atomic mass is 10.2. The van der Waals surface area contributed by atoms with Gasteiger partial charge in [-0.3, -0.25) is 4.40 Å². The average molecular weight is 244 g/mol. The van der Waals surface area contributed by atoms with Crippen molar-refractivity contribution in [3.8, 4) is 11.4 Å². The summed E-state index contributed by atoms with van der Waals surface area (Å²) in [5, 5.41) is 0.495. The van der Waals surface area contributed by atoms with Crippen LogP contribution >= 0.6 is 11.6 Å². The molecule has 0 N–H and O–H groups in total. The Hall–Kier alpha value is -1.87. The molecule has 1 aromatic carbocycles. The molecule has 0 fully saturated rings. The largest absolute Gasteiger partial charge is 0.281 e. The second kappa shape index (κ2) is 3.86. The van der Waals surface area contributed by atoms with Gasteiger partial charge >= 0.3 is 0 Å². The van der Waals surface area contributed by atoms with E-state index in [1.807, 2.05) is 47.7 Å². The van der Waals surface area contributed by atoms with Crippen LogP contribution in [0.25, 0.3) is 17.0 Å². The number of hydrogen-bond donors (Lipinski definition) is 0. The Morgan fingerprint density at radius 1 is 1.18 bits per heavy atom. The van der Waals surface area contributed by atoms with Crippen LogP contribution in [-0.2, 0) is 0 Å². The van der Waals surface area contributed by atoms with Crippen molar-refractivity contribution in [2.45, 2.75) is 6.92 Å². The molecule has 3 aromatic rings. The first-order chi connectivity index (χ1) is 8.25. The molecule has 0 unspecified atom stereocenters. The number of nitrogens with zero attached hydrogens (tertiary/aromatic N) is 3. The Kier molecular flexibility index (Phi) is 2.34. The molecule has 0 aliphatic heterocycles. The Morgan fingerprint density at radius 3 is 2.71 bits per heavy atom. The second-order valence-electron chi connectivity index (χ2n) is 3.86. The quantitative estimate of drug-likeness (QED) is 0.614.